The third kappa shape index (κ3) is 1.65. The van der Waals surface area contributed by atoms with Gasteiger partial charge >= 0.3 is 5.97 Å². The van der Waals surface area contributed by atoms with Gasteiger partial charge in [0.05, 0.1) is 13.0 Å². The number of carbonyl (C=O) groups is 2. The van der Waals surface area contributed by atoms with E-state index in [9.17, 15) is 9.59 Å². The van der Waals surface area contributed by atoms with Crippen molar-refractivity contribution in [3.63, 3.8) is 0 Å². The van der Waals surface area contributed by atoms with Crippen LogP contribution in [0.25, 0.3) is 0 Å². The summed E-state index contributed by atoms with van der Waals surface area (Å²) in [4.78, 5) is 22.2. The number of ketones is 1. The van der Waals surface area contributed by atoms with Gasteiger partial charge in [-0.05, 0) is 5.92 Å². The van der Waals surface area contributed by atoms with Gasteiger partial charge in [0.2, 0.25) is 0 Å². The monoisotopic (exact) mass is 170 g/mol. The Bertz CT molecular complexity index is 198. The molecule has 0 spiro atoms. The maximum atomic E-state index is 11.2. The maximum absolute atomic E-state index is 11.2. The van der Waals surface area contributed by atoms with Gasteiger partial charge < -0.3 is 4.74 Å². The second-order valence-corrected chi connectivity index (χ2v) is 3.24. The number of Topliss-reactive ketones (excluding diaryl/α,β-unsaturated/α-hetero) is 1. The molecule has 0 heterocycles. The van der Waals surface area contributed by atoms with Crippen molar-refractivity contribution in [3.8, 4) is 0 Å². The molecule has 0 radical (unpaired) electrons. The average Bonchev–Trinajstić information content (AvgIpc) is 2.45. The van der Waals surface area contributed by atoms with E-state index in [2.05, 4.69) is 4.74 Å². The van der Waals surface area contributed by atoms with Crippen molar-refractivity contribution in [3.05, 3.63) is 0 Å². The van der Waals surface area contributed by atoms with Crippen LogP contribution < -0.4 is 0 Å². The first-order chi connectivity index (χ1) is 5.69. The van der Waals surface area contributed by atoms with E-state index in [1.54, 1.807) is 0 Å². The summed E-state index contributed by atoms with van der Waals surface area (Å²) in [5.41, 5.74) is 0. The summed E-state index contributed by atoms with van der Waals surface area (Å²) < 4.78 is 4.62. The molecule has 0 unspecified atom stereocenters. The molecule has 3 nitrogen and oxygen atoms in total. The predicted octanol–water partition coefficient (Wildman–Crippen LogP) is 1.16. The third-order valence-electron chi connectivity index (χ3n) is 2.53. The zero-order valence-corrected chi connectivity index (χ0v) is 7.50. The number of carbonyl (C=O) groups excluding carboxylic acids is 2. The molecule has 0 aromatic rings. The van der Waals surface area contributed by atoms with Crippen LogP contribution in [-0.4, -0.2) is 18.9 Å². The minimum absolute atomic E-state index is 0.174. The predicted molar refractivity (Wildman–Crippen MR) is 43.5 cm³/mol. The normalized spacial score (nSPS) is 29.0. The van der Waals surface area contributed by atoms with Crippen molar-refractivity contribution in [2.75, 3.05) is 7.11 Å². The van der Waals surface area contributed by atoms with Gasteiger partial charge in [0.1, 0.15) is 5.78 Å². The lowest BCUT2D eigenvalue weighted by Crippen LogP contribution is -2.19. The minimum atomic E-state index is -0.229. The molecule has 0 aromatic heterocycles. The number of methoxy groups -OCH3 is 1. The van der Waals surface area contributed by atoms with Crippen LogP contribution >= 0.6 is 0 Å². The summed E-state index contributed by atoms with van der Waals surface area (Å²) in [6.45, 7) is 2.00. The molecule has 1 aliphatic carbocycles. The topological polar surface area (TPSA) is 43.4 Å². The summed E-state index contributed by atoms with van der Waals surface area (Å²) in [5, 5.41) is 0. The number of hydrogen-bond acceptors (Lipinski definition) is 3. The summed E-state index contributed by atoms with van der Waals surface area (Å²) in [5.74, 6) is 0.00222. The zero-order valence-electron chi connectivity index (χ0n) is 7.50. The molecule has 0 saturated heterocycles. The fourth-order valence-corrected chi connectivity index (χ4v) is 1.79. The Balaban J connectivity index is 2.63. The smallest absolute Gasteiger partial charge is 0.309 e. The van der Waals surface area contributed by atoms with E-state index in [0.29, 0.717) is 12.8 Å². The molecule has 68 valence electrons. The fourth-order valence-electron chi connectivity index (χ4n) is 1.79. The number of rotatable bonds is 2. The molecule has 1 fully saturated rings. The molecule has 0 bridgehead atoms. The van der Waals surface area contributed by atoms with Gasteiger partial charge in [0.15, 0.2) is 0 Å². The molecular formula is C9H14O3. The number of esters is 1. The summed E-state index contributed by atoms with van der Waals surface area (Å²) >= 11 is 0. The van der Waals surface area contributed by atoms with E-state index >= 15 is 0 Å². The summed E-state index contributed by atoms with van der Waals surface area (Å²) in [6.07, 6.45) is 1.81. The molecule has 1 rings (SSSR count). The molecule has 3 heteroatoms. The Kier molecular flexibility index (Phi) is 2.84. The molecule has 1 aliphatic rings. The first-order valence-electron chi connectivity index (χ1n) is 4.28. The van der Waals surface area contributed by atoms with Crippen LogP contribution in [0.15, 0.2) is 0 Å². The Morgan fingerprint density at radius 3 is 2.75 bits per heavy atom. The highest BCUT2D eigenvalue weighted by Gasteiger charge is 2.37. The molecule has 0 aromatic carbocycles. The van der Waals surface area contributed by atoms with Crippen LogP contribution in [0.5, 0.6) is 0 Å². The van der Waals surface area contributed by atoms with Gasteiger partial charge in [-0.2, -0.15) is 0 Å². The fraction of sp³-hybridized carbons (Fsp3) is 0.778. The SMILES string of the molecule is CC[C@@H]1CC(=O)C[C@@H]1C(=O)OC. The van der Waals surface area contributed by atoms with Crippen molar-refractivity contribution in [2.45, 2.75) is 26.2 Å². The van der Waals surface area contributed by atoms with Crippen LogP contribution in [0, 0.1) is 11.8 Å². The van der Waals surface area contributed by atoms with E-state index in [-0.39, 0.29) is 23.6 Å². The van der Waals surface area contributed by atoms with Gasteiger partial charge in [0, 0.05) is 12.8 Å². The highest BCUT2D eigenvalue weighted by Crippen LogP contribution is 2.32. The van der Waals surface area contributed by atoms with Crippen LogP contribution in [-0.2, 0) is 14.3 Å². The quantitative estimate of drug-likeness (QED) is 0.584. The lowest BCUT2D eigenvalue weighted by atomic mass is 9.94. The van der Waals surface area contributed by atoms with Crippen molar-refractivity contribution < 1.29 is 14.3 Å². The van der Waals surface area contributed by atoms with Gasteiger partial charge in [0.25, 0.3) is 0 Å². The van der Waals surface area contributed by atoms with Crippen molar-refractivity contribution in [1.82, 2.24) is 0 Å². The number of hydrogen-bond donors (Lipinski definition) is 0. The van der Waals surface area contributed by atoms with Crippen molar-refractivity contribution >= 4 is 11.8 Å². The van der Waals surface area contributed by atoms with Gasteiger partial charge in [-0.1, -0.05) is 13.3 Å². The number of ether oxygens (including phenoxy) is 1. The van der Waals surface area contributed by atoms with E-state index in [1.165, 1.54) is 7.11 Å². The molecule has 1 saturated carbocycles. The second kappa shape index (κ2) is 3.70. The van der Waals surface area contributed by atoms with E-state index in [1.807, 2.05) is 6.92 Å². The molecule has 0 N–H and O–H groups in total. The van der Waals surface area contributed by atoms with Gasteiger partial charge in [-0.3, -0.25) is 9.59 Å². The zero-order chi connectivity index (χ0) is 9.14. The van der Waals surface area contributed by atoms with E-state index in [4.69, 9.17) is 0 Å². The highest BCUT2D eigenvalue weighted by atomic mass is 16.5. The highest BCUT2D eigenvalue weighted by molar-refractivity contribution is 5.88. The van der Waals surface area contributed by atoms with Gasteiger partial charge in [-0.15, -0.1) is 0 Å². The van der Waals surface area contributed by atoms with Crippen molar-refractivity contribution in [1.29, 1.82) is 0 Å². The largest absolute Gasteiger partial charge is 0.469 e. The lowest BCUT2D eigenvalue weighted by Gasteiger charge is -2.13. The van der Waals surface area contributed by atoms with Crippen LogP contribution in [0.1, 0.15) is 26.2 Å². The molecule has 0 amide bonds. The van der Waals surface area contributed by atoms with Crippen LogP contribution in [0.2, 0.25) is 0 Å². The lowest BCUT2D eigenvalue weighted by molar-refractivity contribution is -0.147. The van der Waals surface area contributed by atoms with E-state index in [0.717, 1.165) is 6.42 Å². The van der Waals surface area contributed by atoms with Crippen LogP contribution in [0.3, 0.4) is 0 Å². The summed E-state index contributed by atoms with van der Waals surface area (Å²) in [7, 11) is 1.37. The molecule has 0 aliphatic heterocycles. The average molecular weight is 170 g/mol. The minimum Gasteiger partial charge on any atom is -0.469 e. The first-order valence-corrected chi connectivity index (χ1v) is 4.28. The first kappa shape index (κ1) is 9.23. The Labute approximate surface area is 72.1 Å². The van der Waals surface area contributed by atoms with E-state index < -0.39 is 0 Å². The molecular weight excluding hydrogens is 156 g/mol. The maximum Gasteiger partial charge on any atom is 0.309 e. The van der Waals surface area contributed by atoms with Gasteiger partial charge in [-0.25, -0.2) is 0 Å². The summed E-state index contributed by atoms with van der Waals surface area (Å²) in [6, 6.07) is 0. The Morgan fingerprint density at radius 2 is 2.25 bits per heavy atom. The Morgan fingerprint density at radius 1 is 1.58 bits per heavy atom. The molecule has 2 atom stereocenters. The molecule has 12 heavy (non-hydrogen) atoms. The van der Waals surface area contributed by atoms with Crippen LogP contribution in [0.4, 0.5) is 0 Å². The Hall–Kier alpha value is -0.860. The third-order valence-corrected chi connectivity index (χ3v) is 2.53. The standard InChI is InChI=1S/C9H14O3/c1-3-6-4-7(10)5-8(6)9(11)12-2/h6,8H,3-5H2,1-2H3/t6-,8+/m1/s1. The second-order valence-electron chi connectivity index (χ2n) is 3.24. The van der Waals surface area contributed by atoms with Crippen molar-refractivity contribution in [2.24, 2.45) is 11.8 Å².